The van der Waals surface area contributed by atoms with E-state index in [-0.39, 0.29) is 11.6 Å². The highest BCUT2D eigenvalue weighted by atomic mass is 33.1. The van der Waals surface area contributed by atoms with Crippen molar-refractivity contribution in [1.82, 2.24) is 9.97 Å². The van der Waals surface area contributed by atoms with E-state index < -0.39 is 0 Å². The van der Waals surface area contributed by atoms with Crippen molar-refractivity contribution >= 4 is 33.2 Å². The van der Waals surface area contributed by atoms with Crippen LogP contribution < -0.4 is 0 Å². The maximum absolute atomic E-state index is 11.9. The molecule has 0 atom stereocenters. The minimum atomic E-state index is 0.0137. The van der Waals surface area contributed by atoms with Crippen LogP contribution >= 0.6 is 21.6 Å². The van der Waals surface area contributed by atoms with E-state index in [1.54, 1.807) is 24.5 Å². The molecular weight excluding hydrogens is 316 g/mol. The third kappa shape index (κ3) is 3.96. The lowest BCUT2D eigenvalue weighted by Crippen LogP contribution is -2.02. The summed E-state index contributed by atoms with van der Waals surface area (Å²) in [6.45, 7) is 3.63. The smallest absolute Gasteiger partial charge is 0.182 e. The molecule has 0 aromatic carbocycles. The molecule has 4 nitrogen and oxygen atoms in total. The first-order valence-electron chi connectivity index (χ1n) is 6.98. The Kier molecular flexibility index (Phi) is 6.15. The number of pyridine rings is 2. The highest BCUT2D eigenvalue weighted by Gasteiger charge is 2.15. The van der Waals surface area contributed by atoms with Crippen molar-refractivity contribution in [3.8, 4) is 0 Å². The van der Waals surface area contributed by atoms with Crippen LogP contribution in [0.2, 0.25) is 0 Å². The van der Waals surface area contributed by atoms with Gasteiger partial charge in [-0.2, -0.15) is 0 Å². The van der Waals surface area contributed by atoms with Crippen LogP contribution in [0.3, 0.4) is 0 Å². The zero-order chi connectivity index (χ0) is 15.9. The maximum atomic E-state index is 11.9. The average Bonchev–Trinajstić information content (AvgIpc) is 2.59. The number of carbonyl (C=O) groups is 2. The van der Waals surface area contributed by atoms with Gasteiger partial charge in [0.05, 0.1) is 0 Å². The van der Waals surface area contributed by atoms with E-state index in [1.807, 2.05) is 26.0 Å². The second-order valence-corrected chi connectivity index (χ2v) is 6.63. The maximum Gasteiger partial charge on any atom is 0.182 e. The largest absolute Gasteiger partial charge is 0.292 e. The summed E-state index contributed by atoms with van der Waals surface area (Å²) in [4.78, 5) is 33.8. The first-order chi connectivity index (χ1) is 10.7. The monoisotopic (exact) mass is 332 g/mol. The van der Waals surface area contributed by atoms with Crippen molar-refractivity contribution in [3.63, 3.8) is 0 Å². The molecule has 0 spiro atoms. The topological polar surface area (TPSA) is 59.9 Å². The molecule has 0 aliphatic heterocycles. The fourth-order valence-electron chi connectivity index (χ4n) is 1.76. The number of hydrogen-bond acceptors (Lipinski definition) is 6. The first kappa shape index (κ1) is 16.7. The lowest BCUT2D eigenvalue weighted by atomic mass is 10.2. The Bertz CT molecular complexity index is 630. The van der Waals surface area contributed by atoms with Crippen molar-refractivity contribution in [3.05, 3.63) is 48.0 Å². The number of aromatic nitrogens is 2. The van der Waals surface area contributed by atoms with E-state index in [2.05, 4.69) is 9.97 Å². The normalized spacial score (nSPS) is 10.5. The molecule has 0 saturated carbocycles. The van der Waals surface area contributed by atoms with Gasteiger partial charge >= 0.3 is 0 Å². The van der Waals surface area contributed by atoms with E-state index in [1.165, 1.54) is 21.6 Å². The third-order valence-electron chi connectivity index (χ3n) is 2.93. The molecule has 2 aromatic heterocycles. The Hall–Kier alpha value is -1.66. The minimum absolute atomic E-state index is 0.0137. The highest BCUT2D eigenvalue weighted by Crippen LogP contribution is 2.39. The molecule has 114 valence electrons. The van der Waals surface area contributed by atoms with Crippen LogP contribution in [0.5, 0.6) is 0 Å². The highest BCUT2D eigenvalue weighted by molar-refractivity contribution is 8.76. The first-order valence-corrected chi connectivity index (χ1v) is 9.13. The number of Topliss-reactive ketones (excluding diaryl/α,β-unsaturated/α-hetero) is 2. The summed E-state index contributed by atoms with van der Waals surface area (Å²) in [5, 5.41) is 0. The zero-order valence-electron chi connectivity index (χ0n) is 12.4. The third-order valence-corrected chi connectivity index (χ3v) is 5.36. The molecule has 0 bridgehead atoms. The quantitative estimate of drug-likeness (QED) is 0.551. The fraction of sp³-hybridized carbons (Fsp3) is 0.250. The second kappa shape index (κ2) is 8.10. The average molecular weight is 332 g/mol. The Morgan fingerprint density at radius 1 is 0.864 bits per heavy atom. The van der Waals surface area contributed by atoms with Crippen molar-refractivity contribution < 1.29 is 9.59 Å². The van der Waals surface area contributed by atoms with Crippen molar-refractivity contribution in [1.29, 1.82) is 0 Å². The van der Waals surface area contributed by atoms with Gasteiger partial charge in [0, 0.05) is 35.0 Å². The van der Waals surface area contributed by atoms with Gasteiger partial charge in [-0.05, 0) is 24.3 Å². The van der Waals surface area contributed by atoms with Gasteiger partial charge in [-0.25, -0.2) is 0 Å². The van der Waals surface area contributed by atoms with Gasteiger partial charge in [0.15, 0.2) is 11.6 Å². The molecule has 0 saturated heterocycles. The van der Waals surface area contributed by atoms with Gasteiger partial charge in [0.25, 0.3) is 0 Å². The lowest BCUT2D eigenvalue weighted by molar-refractivity contribution is 0.0972. The summed E-state index contributed by atoms with van der Waals surface area (Å²) in [7, 11) is 2.85. The van der Waals surface area contributed by atoms with Crippen molar-refractivity contribution in [2.24, 2.45) is 0 Å². The number of ketones is 2. The number of rotatable bonds is 7. The molecule has 2 heterocycles. The fourth-order valence-corrected chi connectivity index (χ4v) is 4.04. The van der Waals surface area contributed by atoms with Crippen LogP contribution in [0.4, 0.5) is 0 Å². The van der Waals surface area contributed by atoms with Crippen molar-refractivity contribution in [2.75, 3.05) is 0 Å². The molecule has 6 heteroatoms. The molecule has 0 aliphatic carbocycles. The molecule has 0 aliphatic rings. The molecule has 0 unspecified atom stereocenters. The van der Waals surface area contributed by atoms with E-state index in [4.69, 9.17) is 0 Å². The molecule has 0 amide bonds. The van der Waals surface area contributed by atoms with Crippen LogP contribution in [0, 0.1) is 0 Å². The van der Waals surface area contributed by atoms with Gasteiger partial charge in [-0.1, -0.05) is 35.4 Å². The standard InChI is InChI=1S/C16H16N2O2S2/c1-3-11(19)15-13(7-5-9-17-15)21-22-14-8-6-10-18-16(14)12(20)4-2/h5-10H,3-4H2,1-2H3. The van der Waals surface area contributed by atoms with Crippen LogP contribution in [-0.4, -0.2) is 21.5 Å². The van der Waals surface area contributed by atoms with E-state index >= 15 is 0 Å². The van der Waals surface area contributed by atoms with Crippen LogP contribution in [-0.2, 0) is 0 Å². The number of carbonyl (C=O) groups excluding carboxylic acids is 2. The number of nitrogens with zero attached hydrogens (tertiary/aromatic N) is 2. The lowest BCUT2D eigenvalue weighted by Gasteiger charge is -2.08. The molecule has 2 aromatic rings. The van der Waals surface area contributed by atoms with Crippen LogP contribution in [0.1, 0.15) is 47.7 Å². The molecule has 0 N–H and O–H groups in total. The van der Waals surface area contributed by atoms with Crippen LogP contribution in [0.15, 0.2) is 46.5 Å². The molecule has 0 radical (unpaired) electrons. The minimum Gasteiger partial charge on any atom is -0.292 e. The summed E-state index contributed by atoms with van der Waals surface area (Å²) in [6, 6.07) is 7.34. The molecular formula is C16H16N2O2S2. The summed E-state index contributed by atoms with van der Waals surface area (Å²) in [5.41, 5.74) is 0.963. The summed E-state index contributed by atoms with van der Waals surface area (Å²) < 4.78 is 0. The van der Waals surface area contributed by atoms with Gasteiger partial charge in [-0.3, -0.25) is 19.6 Å². The zero-order valence-corrected chi connectivity index (χ0v) is 14.0. The second-order valence-electron chi connectivity index (χ2n) is 4.42. The number of hydrogen-bond donors (Lipinski definition) is 0. The van der Waals surface area contributed by atoms with E-state index in [9.17, 15) is 9.59 Å². The van der Waals surface area contributed by atoms with Gasteiger partial charge in [0.2, 0.25) is 0 Å². The molecule has 0 fully saturated rings. The predicted molar refractivity (Wildman–Crippen MR) is 89.4 cm³/mol. The molecule has 2 rings (SSSR count). The van der Waals surface area contributed by atoms with Crippen LogP contribution in [0.25, 0.3) is 0 Å². The SMILES string of the molecule is CCC(=O)c1ncccc1SSc1cccnc1C(=O)CC. The van der Waals surface area contributed by atoms with Gasteiger partial charge in [0.1, 0.15) is 11.4 Å². The Labute approximate surface area is 137 Å². The summed E-state index contributed by atoms with van der Waals surface area (Å²) in [6.07, 6.45) is 4.07. The summed E-state index contributed by atoms with van der Waals surface area (Å²) in [5.74, 6) is 0.0273. The Morgan fingerprint density at radius 3 is 1.64 bits per heavy atom. The Balaban J connectivity index is 2.21. The van der Waals surface area contributed by atoms with E-state index in [0.29, 0.717) is 24.2 Å². The Morgan fingerprint density at radius 2 is 1.27 bits per heavy atom. The predicted octanol–water partition coefficient (Wildman–Crippen LogP) is 4.46. The van der Waals surface area contributed by atoms with Crippen molar-refractivity contribution in [2.45, 2.75) is 36.5 Å². The molecule has 22 heavy (non-hydrogen) atoms. The van der Waals surface area contributed by atoms with Gasteiger partial charge < -0.3 is 0 Å². The van der Waals surface area contributed by atoms with Gasteiger partial charge in [-0.15, -0.1) is 0 Å². The van der Waals surface area contributed by atoms with E-state index in [0.717, 1.165) is 9.79 Å². The summed E-state index contributed by atoms with van der Waals surface area (Å²) >= 11 is 0.